The van der Waals surface area contributed by atoms with Crippen LogP contribution in [0.15, 0.2) is 24.3 Å². The van der Waals surface area contributed by atoms with Gasteiger partial charge in [-0.25, -0.2) is 4.98 Å². The maximum Gasteiger partial charge on any atom is 0.225 e. The van der Waals surface area contributed by atoms with Gasteiger partial charge in [0.15, 0.2) is 0 Å². The van der Waals surface area contributed by atoms with Crippen LogP contribution in [0, 0.1) is 0 Å². The molecule has 0 saturated carbocycles. The van der Waals surface area contributed by atoms with Crippen LogP contribution in [0.2, 0.25) is 0 Å². The Morgan fingerprint density at radius 2 is 1.73 bits per heavy atom. The molecular weight excluding hydrogens is 498 g/mol. The summed E-state index contributed by atoms with van der Waals surface area (Å²) in [5.41, 5.74) is 3.97. The molecule has 2 fully saturated rings. The Hall–Kier alpha value is -2.42. The van der Waals surface area contributed by atoms with Crippen LogP contribution in [0.1, 0.15) is 81.0 Å². The minimum atomic E-state index is 0.166. The van der Waals surface area contributed by atoms with E-state index in [1.54, 1.807) is 0 Å². The Morgan fingerprint density at radius 3 is 2.52 bits per heavy atom. The van der Waals surface area contributed by atoms with Crippen LogP contribution in [0.4, 0.5) is 11.8 Å². The molecule has 2 atom stereocenters. The van der Waals surface area contributed by atoms with Crippen molar-refractivity contribution in [1.29, 1.82) is 0 Å². The molecule has 0 spiro atoms. The number of rotatable bonds is 11. The van der Waals surface area contributed by atoms with Gasteiger partial charge >= 0.3 is 0 Å². The zero-order chi connectivity index (χ0) is 27.6. The van der Waals surface area contributed by atoms with E-state index in [-0.39, 0.29) is 12.2 Å². The Labute approximate surface area is 241 Å². The van der Waals surface area contributed by atoms with Crippen LogP contribution in [0.25, 0.3) is 0 Å². The van der Waals surface area contributed by atoms with Crippen molar-refractivity contribution < 1.29 is 4.74 Å². The number of anilines is 2. The van der Waals surface area contributed by atoms with Crippen molar-refractivity contribution >= 4 is 11.8 Å². The number of hydrogen-bond acceptors (Lipinski definition) is 8. The molecule has 40 heavy (non-hydrogen) atoms. The topological polar surface area (TPSA) is 77.6 Å². The summed E-state index contributed by atoms with van der Waals surface area (Å²) in [5.74, 6) is 2.98. The summed E-state index contributed by atoms with van der Waals surface area (Å²) in [7, 11) is 4.19. The minimum Gasteiger partial charge on any atom is -0.494 e. The Bertz CT molecular complexity index is 1040. The highest BCUT2D eigenvalue weighted by molar-refractivity contribution is 5.54. The Kier molecular flexibility index (Phi) is 10.9. The van der Waals surface area contributed by atoms with Crippen molar-refractivity contribution in [2.24, 2.45) is 0 Å². The molecule has 2 unspecified atom stereocenters. The normalized spacial score (nSPS) is 21.9. The molecule has 3 heterocycles. The second-order valence-electron chi connectivity index (χ2n) is 12.1. The van der Waals surface area contributed by atoms with Gasteiger partial charge in [0, 0.05) is 31.7 Å². The van der Waals surface area contributed by atoms with E-state index in [0.717, 1.165) is 83.1 Å². The molecule has 1 aliphatic carbocycles. The van der Waals surface area contributed by atoms with Gasteiger partial charge in [0.25, 0.3) is 0 Å². The van der Waals surface area contributed by atoms with E-state index in [1.165, 1.54) is 67.6 Å². The number of piperidine rings is 1. The number of nitrogens with one attached hydrogen (secondary N) is 3. The lowest BCUT2D eigenvalue weighted by molar-refractivity contribution is 0.281. The van der Waals surface area contributed by atoms with Crippen LogP contribution in [-0.4, -0.2) is 74.0 Å². The molecular formula is C32H51N7O. The first-order chi connectivity index (χ1) is 19.7. The monoisotopic (exact) mass is 549 g/mol. The van der Waals surface area contributed by atoms with Crippen LogP contribution >= 0.6 is 0 Å². The third-order valence-corrected chi connectivity index (χ3v) is 8.56. The first kappa shape index (κ1) is 29.1. The average molecular weight is 550 g/mol. The van der Waals surface area contributed by atoms with Crippen molar-refractivity contribution in [2.45, 2.75) is 95.8 Å². The van der Waals surface area contributed by atoms with Crippen molar-refractivity contribution in [3.63, 3.8) is 0 Å². The maximum atomic E-state index is 5.91. The van der Waals surface area contributed by atoms with Gasteiger partial charge in [-0.1, -0.05) is 31.4 Å². The van der Waals surface area contributed by atoms with Gasteiger partial charge < -0.3 is 25.2 Å². The summed E-state index contributed by atoms with van der Waals surface area (Å²) in [6.45, 7) is 5.87. The summed E-state index contributed by atoms with van der Waals surface area (Å²) >= 11 is 0. The van der Waals surface area contributed by atoms with Gasteiger partial charge in [-0.3, -0.25) is 5.32 Å². The molecule has 3 aliphatic rings. The molecule has 2 aromatic rings. The smallest absolute Gasteiger partial charge is 0.225 e. The Morgan fingerprint density at radius 1 is 0.950 bits per heavy atom. The van der Waals surface area contributed by atoms with Crippen LogP contribution in [-0.2, 0) is 19.4 Å². The summed E-state index contributed by atoms with van der Waals surface area (Å²) in [4.78, 5) is 15.1. The molecule has 8 heteroatoms. The standard InChI is InChI=1S/C32H51N7O/c1-38(2)20-11-23-40-26-17-15-25(16-18-26)24-34-30-29(14-10-19-33-30)36-32-35-28-13-7-5-6-12-27(28)31(37-32)39-21-8-3-4-9-22-39/h15-18,29-30,33-34H,3-14,19-24H2,1-2H3,(H,35,36,37). The van der Waals surface area contributed by atoms with Gasteiger partial charge in [-0.05, 0) is 96.1 Å². The molecule has 1 aromatic heterocycles. The zero-order valence-electron chi connectivity index (χ0n) is 24.9. The number of aryl methyl sites for hydroxylation is 1. The molecule has 8 nitrogen and oxygen atoms in total. The van der Waals surface area contributed by atoms with Gasteiger partial charge in [-0.2, -0.15) is 4.98 Å². The largest absolute Gasteiger partial charge is 0.494 e. The maximum absolute atomic E-state index is 5.91. The molecule has 5 rings (SSSR count). The second-order valence-corrected chi connectivity index (χ2v) is 12.1. The van der Waals surface area contributed by atoms with Crippen LogP contribution in [0.5, 0.6) is 5.75 Å². The second kappa shape index (κ2) is 15.0. The molecule has 1 aromatic carbocycles. The fourth-order valence-electron chi connectivity index (χ4n) is 6.29. The van der Waals surface area contributed by atoms with Gasteiger partial charge in [0.05, 0.1) is 24.5 Å². The SMILES string of the molecule is CN(C)CCCOc1ccc(CNC2NCCCC2Nc2nc3c(c(N4CCCCCC4)n2)CCCCC3)cc1. The zero-order valence-corrected chi connectivity index (χ0v) is 24.9. The van der Waals surface area contributed by atoms with Crippen molar-refractivity contribution in [2.75, 3.05) is 57.1 Å². The molecule has 3 N–H and O–H groups in total. The fraction of sp³-hybridized carbons (Fsp3) is 0.688. The highest BCUT2D eigenvalue weighted by Crippen LogP contribution is 2.30. The lowest BCUT2D eigenvalue weighted by atomic mass is 10.0. The van der Waals surface area contributed by atoms with E-state index in [0.29, 0.717) is 0 Å². The highest BCUT2D eigenvalue weighted by Gasteiger charge is 2.27. The molecule has 2 aliphatic heterocycles. The van der Waals surface area contributed by atoms with Gasteiger partial charge in [-0.15, -0.1) is 0 Å². The van der Waals surface area contributed by atoms with Crippen LogP contribution in [0.3, 0.4) is 0 Å². The number of benzene rings is 1. The molecule has 0 radical (unpaired) electrons. The number of nitrogens with zero attached hydrogens (tertiary/aromatic N) is 4. The molecule has 220 valence electrons. The average Bonchev–Trinajstić information content (AvgIpc) is 3.39. The summed E-state index contributed by atoms with van der Waals surface area (Å²) in [6.07, 6.45) is 14.6. The summed E-state index contributed by atoms with van der Waals surface area (Å²) < 4.78 is 5.91. The van der Waals surface area contributed by atoms with Gasteiger partial charge in [0.1, 0.15) is 11.6 Å². The Balaban J connectivity index is 1.22. The highest BCUT2D eigenvalue weighted by atomic mass is 16.5. The summed E-state index contributed by atoms with van der Waals surface area (Å²) in [5, 5.41) is 11.3. The lowest BCUT2D eigenvalue weighted by Gasteiger charge is -2.34. The number of aromatic nitrogens is 2. The third-order valence-electron chi connectivity index (χ3n) is 8.56. The molecule has 0 amide bonds. The lowest BCUT2D eigenvalue weighted by Crippen LogP contribution is -2.56. The first-order valence-electron chi connectivity index (χ1n) is 15.9. The number of fused-ring (bicyclic) bond motifs is 1. The van der Waals surface area contributed by atoms with E-state index in [9.17, 15) is 0 Å². The van der Waals surface area contributed by atoms with E-state index in [4.69, 9.17) is 14.7 Å². The number of hydrogen-bond donors (Lipinski definition) is 3. The van der Waals surface area contributed by atoms with E-state index in [1.807, 2.05) is 0 Å². The quantitative estimate of drug-likeness (QED) is 0.274. The predicted molar refractivity (Wildman–Crippen MR) is 164 cm³/mol. The van der Waals surface area contributed by atoms with Crippen molar-refractivity contribution in [3.05, 3.63) is 41.1 Å². The van der Waals surface area contributed by atoms with Crippen molar-refractivity contribution in [1.82, 2.24) is 25.5 Å². The number of ether oxygens (including phenoxy) is 1. The minimum absolute atomic E-state index is 0.166. The van der Waals surface area contributed by atoms with E-state index < -0.39 is 0 Å². The van der Waals surface area contributed by atoms with Crippen molar-refractivity contribution in [3.8, 4) is 5.75 Å². The van der Waals surface area contributed by atoms with E-state index >= 15 is 0 Å². The molecule has 0 bridgehead atoms. The summed E-state index contributed by atoms with van der Waals surface area (Å²) in [6, 6.07) is 8.76. The van der Waals surface area contributed by atoms with Gasteiger partial charge in [0.2, 0.25) is 5.95 Å². The van der Waals surface area contributed by atoms with E-state index in [2.05, 4.69) is 64.1 Å². The first-order valence-corrected chi connectivity index (χ1v) is 15.9. The molecule has 2 saturated heterocycles. The van der Waals surface area contributed by atoms with Crippen LogP contribution < -0.4 is 25.6 Å². The predicted octanol–water partition coefficient (Wildman–Crippen LogP) is 4.74. The third kappa shape index (κ3) is 8.30. The fourth-order valence-corrected chi connectivity index (χ4v) is 6.29.